The molecular formula is C23H27NO4. The fourth-order valence-corrected chi connectivity index (χ4v) is 4.05. The summed E-state index contributed by atoms with van der Waals surface area (Å²) in [4.78, 5) is 25.5. The standard InChI is InChI=1S/C23H27NO4/c1-16-8-7-9-17(14-16)23(12-5-4-6-13-23)22(26)24-18-10-11-20(27-2)19(15-18)21(25)28-3/h7-11,14-15H,4-6,12-13H2,1-3H3,(H,24,26). The summed E-state index contributed by atoms with van der Waals surface area (Å²) in [6.07, 6.45) is 4.84. The number of amides is 1. The lowest BCUT2D eigenvalue weighted by molar-refractivity contribution is -0.122. The van der Waals surface area contributed by atoms with Gasteiger partial charge in [-0.15, -0.1) is 0 Å². The number of methoxy groups -OCH3 is 2. The van der Waals surface area contributed by atoms with Crippen molar-refractivity contribution < 1.29 is 19.1 Å². The second kappa shape index (κ2) is 8.46. The van der Waals surface area contributed by atoms with E-state index in [1.54, 1.807) is 18.2 Å². The number of carbonyl (C=O) groups excluding carboxylic acids is 2. The van der Waals surface area contributed by atoms with Gasteiger partial charge in [-0.1, -0.05) is 49.1 Å². The molecule has 3 rings (SSSR count). The average Bonchev–Trinajstić information content (AvgIpc) is 2.73. The average molecular weight is 381 g/mol. The second-order valence-corrected chi connectivity index (χ2v) is 7.37. The number of anilines is 1. The van der Waals surface area contributed by atoms with Crippen molar-refractivity contribution in [3.05, 3.63) is 59.2 Å². The third-order valence-electron chi connectivity index (χ3n) is 5.58. The number of benzene rings is 2. The minimum absolute atomic E-state index is 0.0289. The minimum Gasteiger partial charge on any atom is -0.496 e. The summed E-state index contributed by atoms with van der Waals surface area (Å²) >= 11 is 0. The van der Waals surface area contributed by atoms with Crippen LogP contribution in [-0.4, -0.2) is 26.1 Å². The zero-order chi connectivity index (χ0) is 20.1. The molecule has 0 saturated heterocycles. The van der Waals surface area contributed by atoms with Crippen LogP contribution in [0.1, 0.15) is 53.6 Å². The molecule has 1 fully saturated rings. The van der Waals surface area contributed by atoms with Gasteiger partial charge in [-0.3, -0.25) is 4.79 Å². The molecular weight excluding hydrogens is 354 g/mol. The van der Waals surface area contributed by atoms with E-state index in [-0.39, 0.29) is 11.5 Å². The lowest BCUT2D eigenvalue weighted by Gasteiger charge is -2.36. The maximum Gasteiger partial charge on any atom is 0.341 e. The van der Waals surface area contributed by atoms with Gasteiger partial charge in [0.15, 0.2) is 0 Å². The number of esters is 1. The van der Waals surface area contributed by atoms with Crippen LogP contribution >= 0.6 is 0 Å². The van der Waals surface area contributed by atoms with Gasteiger partial charge in [-0.25, -0.2) is 4.79 Å². The van der Waals surface area contributed by atoms with Gasteiger partial charge in [-0.2, -0.15) is 0 Å². The predicted molar refractivity (Wildman–Crippen MR) is 109 cm³/mol. The lowest BCUT2D eigenvalue weighted by atomic mass is 9.68. The van der Waals surface area contributed by atoms with E-state index < -0.39 is 11.4 Å². The first kappa shape index (κ1) is 19.9. The molecule has 0 bridgehead atoms. The van der Waals surface area contributed by atoms with Crippen LogP contribution in [0, 0.1) is 6.92 Å². The first-order valence-corrected chi connectivity index (χ1v) is 9.65. The molecule has 0 atom stereocenters. The summed E-state index contributed by atoms with van der Waals surface area (Å²) in [6, 6.07) is 13.2. The Hall–Kier alpha value is -2.82. The molecule has 0 aromatic heterocycles. The van der Waals surface area contributed by atoms with E-state index in [1.807, 2.05) is 25.1 Å². The Labute approximate surface area is 166 Å². The zero-order valence-corrected chi connectivity index (χ0v) is 16.7. The highest BCUT2D eigenvalue weighted by Gasteiger charge is 2.41. The number of aryl methyl sites for hydroxylation is 1. The van der Waals surface area contributed by atoms with Crippen LogP contribution in [0.3, 0.4) is 0 Å². The van der Waals surface area contributed by atoms with Crippen molar-refractivity contribution in [2.75, 3.05) is 19.5 Å². The van der Waals surface area contributed by atoms with Crippen LogP contribution < -0.4 is 10.1 Å². The molecule has 2 aromatic carbocycles. The molecule has 0 unspecified atom stereocenters. The Balaban J connectivity index is 1.94. The molecule has 1 amide bonds. The molecule has 1 aliphatic rings. The highest BCUT2D eigenvalue weighted by atomic mass is 16.5. The first-order valence-electron chi connectivity index (χ1n) is 9.65. The Morgan fingerprint density at radius 2 is 1.75 bits per heavy atom. The maximum absolute atomic E-state index is 13.4. The minimum atomic E-state index is -0.546. The maximum atomic E-state index is 13.4. The molecule has 148 valence electrons. The SMILES string of the molecule is COC(=O)c1cc(NC(=O)C2(c3cccc(C)c3)CCCCC2)ccc1OC. The van der Waals surface area contributed by atoms with Gasteiger partial charge in [0.25, 0.3) is 0 Å². The van der Waals surface area contributed by atoms with Crippen LogP contribution in [0.15, 0.2) is 42.5 Å². The fraction of sp³-hybridized carbons (Fsp3) is 0.391. The lowest BCUT2D eigenvalue weighted by Crippen LogP contribution is -2.42. The zero-order valence-electron chi connectivity index (χ0n) is 16.7. The molecule has 1 N–H and O–H groups in total. The van der Waals surface area contributed by atoms with Gasteiger partial charge >= 0.3 is 5.97 Å². The highest BCUT2D eigenvalue weighted by molar-refractivity contribution is 6.01. The quantitative estimate of drug-likeness (QED) is 0.767. The predicted octanol–water partition coefficient (Wildman–Crippen LogP) is 4.63. The Bertz CT molecular complexity index is 869. The molecule has 0 radical (unpaired) electrons. The third kappa shape index (κ3) is 3.88. The van der Waals surface area contributed by atoms with Crippen molar-refractivity contribution in [1.82, 2.24) is 0 Å². The fourth-order valence-electron chi connectivity index (χ4n) is 4.05. The molecule has 1 saturated carbocycles. The summed E-state index contributed by atoms with van der Waals surface area (Å²) in [5, 5.41) is 3.04. The molecule has 5 heteroatoms. The summed E-state index contributed by atoms with van der Waals surface area (Å²) in [5.41, 5.74) is 2.51. The highest BCUT2D eigenvalue weighted by Crippen LogP contribution is 2.41. The number of hydrogen-bond donors (Lipinski definition) is 1. The van der Waals surface area contributed by atoms with Gasteiger partial charge in [0.05, 0.1) is 19.6 Å². The van der Waals surface area contributed by atoms with Crippen LogP contribution in [0.5, 0.6) is 5.75 Å². The molecule has 5 nitrogen and oxygen atoms in total. The molecule has 1 aliphatic carbocycles. The van der Waals surface area contributed by atoms with Gasteiger partial charge in [0, 0.05) is 5.69 Å². The molecule has 28 heavy (non-hydrogen) atoms. The van der Waals surface area contributed by atoms with E-state index >= 15 is 0 Å². The Morgan fingerprint density at radius 1 is 1.00 bits per heavy atom. The number of ether oxygens (including phenoxy) is 2. The van der Waals surface area contributed by atoms with E-state index in [4.69, 9.17) is 9.47 Å². The summed E-state index contributed by atoms with van der Waals surface area (Å²) in [6.45, 7) is 2.05. The van der Waals surface area contributed by atoms with Crippen LogP contribution in [0.2, 0.25) is 0 Å². The van der Waals surface area contributed by atoms with Crippen LogP contribution in [-0.2, 0) is 14.9 Å². The van der Waals surface area contributed by atoms with E-state index in [0.29, 0.717) is 11.4 Å². The number of rotatable bonds is 5. The van der Waals surface area contributed by atoms with Crippen molar-refractivity contribution in [3.8, 4) is 5.75 Å². The summed E-state index contributed by atoms with van der Waals surface area (Å²) in [7, 11) is 2.82. The largest absolute Gasteiger partial charge is 0.496 e. The van der Waals surface area contributed by atoms with Gasteiger partial charge < -0.3 is 14.8 Å². The first-order chi connectivity index (χ1) is 13.5. The normalized spacial score (nSPS) is 15.5. The van der Waals surface area contributed by atoms with Crippen molar-refractivity contribution in [2.45, 2.75) is 44.4 Å². The summed E-state index contributed by atoms with van der Waals surface area (Å²) < 4.78 is 10.1. The second-order valence-electron chi connectivity index (χ2n) is 7.37. The molecule has 0 heterocycles. The van der Waals surface area contributed by atoms with Crippen molar-refractivity contribution in [2.24, 2.45) is 0 Å². The molecule has 0 aliphatic heterocycles. The van der Waals surface area contributed by atoms with Crippen molar-refractivity contribution in [3.63, 3.8) is 0 Å². The Morgan fingerprint density at radius 3 is 2.39 bits per heavy atom. The number of nitrogens with one attached hydrogen (secondary N) is 1. The van der Waals surface area contributed by atoms with E-state index in [9.17, 15) is 9.59 Å². The van der Waals surface area contributed by atoms with E-state index in [2.05, 4.69) is 11.4 Å². The Kier molecular flexibility index (Phi) is 6.02. The number of hydrogen-bond acceptors (Lipinski definition) is 4. The van der Waals surface area contributed by atoms with Crippen molar-refractivity contribution in [1.29, 1.82) is 0 Å². The van der Waals surface area contributed by atoms with Gasteiger partial charge in [-0.05, 0) is 43.5 Å². The summed E-state index contributed by atoms with van der Waals surface area (Å²) in [5.74, 6) is -0.117. The van der Waals surface area contributed by atoms with Gasteiger partial charge in [0.1, 0.15) is 11.3 Å². The monoisotopic (exact) mass is 381 g/mol. The number of carbonyl (C=O) groups is 2. The topological polar surface area (TPSA) is 64.6 Å². The van der Waals surface area contributed by atoms with E-state index in [0.717, 1.165) is 43.2 Å². The molecule has 2 aromatic rings. The molecule has 0 spiro atoms. The van der Waals surface area contributed by atoms with Gasteiger partial charge in [0.2, 0.25) is 5.91 Å². The van der Waals surface area contributed by atoms with Crippen molar-refractivity contribution >= 4 is 17.6 Å². The third-order valence-corrected chi connectivity index (χ3v) is 5.58. The van der Waals surface area contributed by atoms with E-state index in [1.165, 1.54) is 14.2 Å². The van der Waals surface area contributed by atoms with Crippen LogP contribution in [0.25, 0.3) is 0 Å². The smallest absolute Gasteiger partial charge is 0.341 e. The van der Waals surface area contributed by atoms with Crippen LogP contribution in [0.4, 0.5) is 5.69 Å².